The molecule has 0 bridgehead atoms. The highest BCUT2D eigenvalue weighted by Gasteiger charge is 2.16. The van der Waals surface area contributed by atoms with Gasteiger partial charge in [-0.25, -0.2) is 9.59 Å². The van der Waals surface area contributed by atoms with Crippen molar-refractivity contribution in [1.82, 2.24) is 0 Å². The van der Waals surface area contributed by atoms with E-state index in [0.717, 1.165) is 29.5 Å². The molecule has 4 aromatic rings. The lowest BCUT2D eigenvalue weighted by Gasteiger charge is -2.13. The minimum atomic E-state index is -0.444. The van der Waals surface area contributed by atoms with E-state index in [1.807, 2.05) is 54.6 Å². The lowest BCUT2D eigenvalue weighted by Crippen LogP contribution is -2.10. The minimum Gasteiger partial charge on any atom is -0.423 e. The van der Waals surface area contributed by atoms with Crippen LogP contribution in [0.5, 0.6) is 11.5 Å². The summed E-state index contributed by atoms with van der Waals surface area (Å²) >= 11 is 0. The monoisotopic (exact) mass is 450 g/mol. The SMILES string of the molecule is CCc1ccc(C(=O)Oc2ccc(OC(=O)c3ccc(CC)cc3)c(-c3ccccc3)c2)cc1. The molecular weight excluding hydrogens is 424 g/mol. The predicted octanol–water partition coefficient (Wildman–Crippen LogP) is 6.92. The van der Waals surface area contributed by atoms with Crippen LogP contribution in [0.1, 0.15) is 45.7 Å². The summed E-state index contributed by atoms with van der Waals surface area (Å²) in [7, 11) is 0. The van der Waals surface area contributed by atoms with Gasteiger partial charge in [-0.05, 0) is 72.0 Å². The normalized spacial score (nSPS) is 10.5. The Hall–Kier alpha value is -4.18. The van der Waals surface area contributed by atoms with Crippen LogP contribution in [-0.2, 0) is 12.8 Å². The van der Waals surface area contributed by atoms with Crippen molar-refractivity contribution in [1.29, 1.82) is 0 Å². The number of esters is 2. The third-order valence-corrected chi connectivity index (χ3v) is 5.64. The lowest BCUT2D eigenvalue weighted by atomic mass is 10.0. The van der Waals surface area contributed by atoms with Gasteiger partial charge in [0.2, 0.25) is 0 Å². The molecule has 0 saturated carbocycles. The molecule has 0 aliphatic heterocycles. The van der Waals surface area contributed by atoms with Gasteiger partial charge in [0.25, 0.3) is 0 Å². The summed E-state index contributed by atoms with van der Waals surface area (Å²) in [5, 5.41) is 0. The van der Waals surface area contributed by atoms with Crippen molar-refractivity contribution in [2.45, 2.75) is 26.7 Å². The first-order valence-electron chi connectivity index (χ1n) is 11.4. The third-order valence-electron chi connectivity index (χ3n) is 5.64. The quantitative estimate of drug-likeness (QED) is 0.227. The Morgan fingerprint density at radius 3 is 1.68 bits per heavy atom. The number of ether oxygens (including phenoxy) is 2. The second kappa shape index (κ2) is 10.6. The summed E-state index contributed by atoms with van der Waals surface area (Å²) in [4.78, 5) is 25.4. The number of benzene rings is 4. The minimum absolute atomic E-state index is 0.371. The summed E-state index contributed by atoms with van der Waals surface area (Å²) < 4.78 is 11.4. The van der Waals surface area contributed by atoms with Gasteiger partial charge < -0.3 is 9.47 Å². The number of rotatable bonds is 7. The molecule has 0 radical (unpaired) electrons. The van der Waals surface area contributed by atoms with Crippen molar-refractivity contribution < 1.29 is 19.1 Å². The maximum atomic E-state index is 12.8. The van der Waals surface area contributed by atoms with Crippen molar-refractivity contribution in [3.05, 3.63) is 119 Å². The Morgan fingerprint density at radius 1 is 0.618 bits per heavy atom. The highest BCUT2D eigenvalue weighted by atomic mass is 16.5. The van der Waals surface area contributed by atoms with E-state index >= 15 is 0 Å². The van der Waals surface area contributed by atoms with Crippen molar-refractivity contribution in [3.63, 3.8) is 0 Å². The highest BCUT2D eigenvalue weighted by molar-refractivity contribution is 5.93. The van der Waals surface area contributed by atoms with Crippen molar-refractivity contribution in [2.24, 2.45) is 0 Å². The van der Waals surface area contributed by atoms with Gasteiger partial charge in [0.15, 0.2) is 0 Å². The zero-order valence-corrected chi connectivity index (χ0v) is 19.3. The molecule has 4 aromatic carbocycles. The number of carbonyl (C=O) groups excluding carboxylic acids is 2. The Kier molecular flexibility index (Phi) is 7.19. The van der Waals surface area contributed by atoms with E-state index in [1.54, 1.807) is 42.5 Å². The largest absolute Gasteiger partial charge is 0.423 e. The van der Waals surface area contributed by atoms with E-state index in [9.17, 15) is 9.59 Å². The van der Waals surface area contributed by atoms with Crippen LogP contribution >= 0.6 is 0 Å². The van der Waals surface area contributed by atoms with Crippen LogP contribution in [0.4, 0.5) is 0 Å². The fourth-order valence-corrected chi connectivity index (χ4v) is 3.58. The molecule has 0 saturated heterocycles. The van der Waals surface area contributed by atoms with E-state index in [0.29, 0.717) is 28.2 Å². The van der Waals surface area contributed by atoms with Gasteiger partial charge in [0.05, 0.1) is 11.1 Å². The summed E-state index contributed by atoms with van der Waals surface area (Å²) in [6.45, 7) is 4.13. The predicted molar refractivity (Wildman–Crippen MR) is 133 cm³/mol. The number of hydrogen-bond acceptors (Lipinski definition) is 4. The number of hydrogen-bond donors (Lipinski definition) is 0. The maximum Gasteiger partial charge on any atom is 0.343 e. The fourth-order valence-electron chi connectivity index (χ4n) is 3.58. The van der Waals surface area contributed by atoms with Crippen LogP contribution in [0.25, 0.3) is 11.1 Å². The molecule has 170 valence electrons. The van der Waals surface area contributed by atoms with Crippen molar-refractivity contribution >= 4 is 11.9 Å². The molecular formula is C30H26O4. The van der Waals surface area contributed by atoms with E-state index < -0.39 is 11.9 Å². The number of carbonyl (C=O) groups is 2. The molecule has 0 aliphatic carbocycles. The van der Waals surface area contributed by atoms with Crippen LogP contribution in [0, 0.1) is 0 Å². The topological polar surface area (TPSA) is 52.6 Å². The van der Waals surface area contributed by atoms with E-state index in [1.165, 1.54) is 0 Å². The molecule has 34 heavy (non-hydrogen) atoms. The summed E-state index contributed by atoms with van der Waals surface area (Å²) in [6, 6.07) is 29.3. The Balaban J connectivity index is 1.60. The van der Waals surface area contributed by atoms with Crippen molar-refractivity contribution in [3.8, 4) is 22.6 Å². The molecule has 0 aromatic heterocycles. The molecule has 0 aliphatic rings. The standard InChI is InChI=1S/C30H26O4/c1-3-21-10-14-24(15-11-21)29(31)33-26-18-19-28(27(20-26)23-8-6-5-7-9-23)34-30(32)25-16-12-22(4-2)13-17-25/h5-20H,3-4H2,1-2H3. The van der Waals surface area contributed by atoms with E-state index in [4.69, 9.17) is 9.47 Å². The summed E-state index contributed by atoms with van der Waals surface area (Å²) in [6.07, 6.45) is 1.80. The van der Waals surface area contributed by atoms with Gasteiger partial charge in [0.1, 0.15) is 11.5 Å². The second-order valence-corrected chi connectivity index (χ2v) is 7.90. The third kappa shape index (κ3) is 5.41. The first kappa shape index (κ1) is 23.0. The van der Waals surface area contributed by atoms with Crippen LogP contribution in [0.3, 0.4) is 0 Å². The lowest BCUT2D eigenvalue weighted by molar-refractivity contribution is 0.0720. The Bertz CT molecular complexity index is 1270. The molecule has 0 N–H and O–H groups in total. The first-order valence-corrected chi connectivity index (χ1v) is 11.4. The van der Waals surface area contributed by atoms with E-state index in [-0.39, 0.29) is 0 Å². The summed E-state index contributed by atoms with van der Waals surface area (Å²) in [5.41, 5.74) is 4.75. The zero-order chi connectivity index (χ0) is 23.9. The smallest absolute Gasteiger partial charge is 0.343 e. The average Bonchev–Trinajstić information content (AvgIpc) is 2.90. The molecule has 0 atom stereocenters. The van der Waals surface area contributed by atoms with Crippen LogP contribution in [0.2, 0.25) is 0 Å². The maximum absolute atomic E-state index is 12.8. The molecule has 0 spiro atoms. The van der Waals surface area contributed by atoms with Gasteiger partial charge in [0, 0.05) is 5.56 Å². The summed E-state index contributed by atoms with van der Waals surface area (Å²) in [5.74, 6) is -0.124. The zero-order valence-electron chi connectivity index (χ0n) is 19.3. The molecule has 0 heterocycles. The highest BCUT2D eigenvalue weighted by Crippen LogP contribution is 2.34. The first-order chi connectivity index (χ1) is 16.6. The number of aryl methyl sites for hydroxylation is 2. The molecule has 4 nitrogen and oxygen atoms in total. The van der Waals surface area contributed by atoms with Gasteiger partial charge in [-0.15, -0.1) is 0 Å². The van der Waals surface area contributed by atoms with Crippen LogP contribution in [-0.4, -0.2) is 11.9 Å². The van der Waals surface area contributed by atoms with Gasteiger partial charge >= 0.3 is 11.9 Å². The van der Waals surface area contributed by atoms with Crippen molar-refractivity contribution in [2.75, 3.05) is 0 Å². The Morgan fingerprint density at radius 2 is 1.15 bits per heavy atom. The molecule has 4 heteroatoms. The van der Waals surface area contributed by atoms with Crippen LogP contribution < -0.4 is 9.47 Å². The fraction of sp³-hybridized carbons (Fsp3) is 0.133. The average molecular weight is 451 g/mol. The second-order valence-electron chi connectivity index (χ2n) is 7.90. The van der Waals surface area contributed by atoms with E-state index in [2.05, 4.69) is 13.8 Å². The molecule has 0 amide bonds. The molecule has 0 fully saturated rings. The Labute approximate surface area is 199 Å². The van der Waals surface area contributed by atoms with Gasteiger partial charge in [-0.2, -0.15) is 0 Å². The van der Waals surface area contributed by atoms with Crippen LogP contribution in [0.15, 0.2) is 97.1 Å². The van der Waals surface area contributed by atoms with Gasteiger partial charge in [-0.1, -0.05) is 68.4 Å². The molecule has 4 rings (SSSR count). The molecule has 0 unspecified atom stereocenters. The van der Waals surface area contributed by atoms with Gasteiger partial charge in [-0.3, -0.25) is 0 Å².